The second-order valence-electron chi connectivity index (χ2n) is 5.57. The van der Waals surface area contributed by atoms with Gasteiger partial charge < -0.3 is 4.98 Å². The van der Waals surface area contributed by atoms with Crippen LogP contribution in [0.4, 0.5) is 0 Å². The van der Waals surface area contributed by atoms with E-state index in [1.807, 2.05) is 0 Å². The fourth-order valence-electron chi connectivity index (χ4n) is 2.44. The molecule has 0 aliphatic rings. The van der Waals surface area contributed by atoms with Crippen LogP contribution in [-0.4, -0.2) is 9.97 Å². The molecule has 0 atom stereocenters. The number of aromatic nitrogens is 2. The van der Waals surface area contributed by atoms with Crippen LogP contribution in [0, 0.1) is 0 Å². The van der Waals surface area contributed by atoms with Crippen LogP contribution in [0.25, 0.3) is 22.4 Å². The predicted octanol–water partition coefficient (Wildman–Crippen LogP) is 4.92. The molecule has 1 N–H and O–H groups in total. The maximum Gasteiger partial charge on any atom is 0.138 e. The third-order valence-electron chi connectivity index (χ3n) is 3.81. The summed E-state index contributed by atoms with van der Waals surface area (Å²) in [5.41, 5.74) is 5.99. The van der Waals surface area contributed by atoms with E-state index in [0.717, 1.165) is 28.8 Å². The zero-order valence-corrected chi connectivity index (χ0v) is 12.3. The molecule has 0 radical (unpaired) electrons. The second-order valence-corrected chi connectivity index (χ2v) is 5.57. The zero-order chi connectivity index (χ0) is 14.1. The molecular weight excluding hydrogens is 244 g/mol. The molecule has 1 heterocycles. The van der Waals surface area contributed by atoms with E-state index >= 15 is 0 Å². The summed E-state index contributed by atoms with van der Waals surface area (Å²) in [6, 6.07) is 15.1. The van der Waals surface area contributed by atoms with Gasteiger partial charge in [-0.2, -0.15) is 0 Å². The average Bonchev–Trinajstić information content (AvgIpc) is 2.90. The molecule has 1 aromatic heterocycles. The van der Waals surface area contributed by atoms with Gasteiger partial charge in [0, 0.05) is 5.56 Å². The number of hydrogen-bond acceptors (Lipinski definition) is 1. The lowest BCUT2D eigenvalue weighted by molar-refractivity contribution is 0.867. The van der Waals surface area contributed by atoms with Gasteiger partial charge in [-0.15, -0.1) is 0 Å². The summed E-state index contributed by atoms with van der Waals surface area (Å²) in [6.45, 7) is 6.59. The third kappa shape index (κ3) is 2.34. The molecule has 2 aromatic carbocycles. The maximum atomic E-state index is 4.68. The highest BCUT2D eigenvalue weighted by Gasteiger charge is 2.06. The number of aryl methyl sites for hydroxylation is 1. The highest BCUT2D eigenvalue weighted by Crippen LogP contribution is 2.23. The largest absolute Gasteiger partial charge is 0.338 e. The number of H-pyrrole nitrogens is 1. The number of rotatable bonds is 3. The van der Waals surface area contributed by atoms with Crippen LogP contribution < -0.4 is 0 Å². The van der Waals surface area contributed by atoms with Gasteiger partial charge in [0.2, 0.25) is 0 Å². The average molecular weight is 264 g/mol. The van der Waals surface area contributed by atoms with Crippen LogP contribution in [0.2, 0.25) is 0 Å². The summed E-state index contributed by atoms with van der Waals surface area (Å²) in [6.07, 6.45) is 1.05. The Morgan fingerprint density at radius 1 is 1.05 bits per heavy atom. The topological polar surface area (TPSA) is 28.7 Å². The van der Waals surface area contributed by atoms with Crippen LogP contribution in [0.5, 0.6) is 0 Å². The van der Waals surface area contributed by atoms with Gasteiger partial charge in [0.15, 0.2) is 0 Å². The first-order chi connectivity index (χ1) is 9.67. The van der Waals surface area contributed by atoms with Gasteiger partial charge in [0.1, 0.15) is 5.82 Å². The van der Waals surface area contributed by atoms with E-state index < -0.39 is 0 Å². The molecule has 0 aliphatic heterocycles. The number of nitrogens with one attached hydrogen (secondary N) is 1. The predicted molar refractivity (Wildman–Crippen MR) is 85.0 cm³/mol. The molecular formula is C18H20N2. The molecule has 20 heavy (non-hydrogen) atoms. The minimum Gasteiger partial charge on any atom is -0.338 e. The highest BCUT2D eigenvalue weighted by atomic mass is 14.9. The molecule has 0 amide bonds. The molecule has 0 bridgehead atoms. The molecule has 0 saturated heterocycles. The number of nitrogens with zero attached hydrogens (tertiary/aromatic N) is 1. The summed E-state index contributed by atoms with van der Waals surface area (Å²) in [5.74, 6) is 1.51. The Bertz CT molecular complexity index is 721. The van der Waals surface area contributed by atoms with Crippen molar-refractivity contribution in [1.29, 1.82) is 0 Å². The minimum atomic E-state index is 0.562. The van der Waals surface area contributed by atoms with Gasteiger partial charge in [0.05, 0.1) is 11.0 Å². The van der Waals surface area contributed by atoms with Crippen molar-refractivity contribution in [2.75, 3.05) is 0 Å². The normalized spacial score (nSPS) is 11.4. The highest BCUT2D eigenvalue weighted by molar-refractivity contribution is 5.80. The van der Waals surface area contributed by atoms with E-state index in [1.54, 1.807) is 0 Å². The molecule has 2 heteroatoms. The van der Waals surface area contributed by atoms with Crippen LogP contribution in [-0.2, 0) is 6.42 Å². The van der Waals surface area contributed by atoms with Crippen molar-refractivity contribution in [3.8, 4) is 11.4 Å². The van der Waals surface area contributed by atoms with Crippen molar-refractivity contribution in [2.24, 2.45) is 0 Å². The summed E-state index contributed by atoms with van der Waals surface area (Å²) in [4.78, 5) is 8.10. The van der Waals surface area contributed by atoms with Gasteiger partial charge in [-0.25, -0.2) is 4.98 Å². The quantitative estimate of drug-likeness (QED) is 0.715. The number of fused-ring (bicyclic) bond motifs is 1. The Morgan fingerprint density at radius 2 is 1.80 bits per heavy atom. The Balaban J connectivity index is 2.01. The number of imidazole rings is 1. The van der Waals surface area contributed by atoms with Gasteiger partial charge >= 0.3 is 0 Å². The van der Waals surface area contributed by atoms with Crippen molar-refractivity contribution in [1.82, 2.24) is 9.97 Å². The fourth-order valence-corrected chi connectivity index (χ4v) is 2.44. The Hall–Kier alpha value is -2.09. The molecule has 2 nitrogen and oxygen atoms in total. The standard InChI is InChI=1S/C18H20N2/c1-4-13-5-10-16-17(11-13)20-18(19-16)15-8-6-14(7-9-15)12(2)3/h5-12H,4H2,1-3H3,(H,19,20). The van der Waals surface area contributed by atoms with E-state index in [9.17, 15) is 0 Å². The van der Waals surface area contributed by atoms with Crippen molar-refractivity contribution >= 4 is 11.0 Å². The van der Waals surface area contributed by atoms with Gasteiger partial charge in [0.25, 0.3) is 0 Å². The molecule has 0 fully saturated rings. The summed E-state index contributed by atoms with van der Waals surface area (Å²) < 4.78 is 0. The lowest BCUT2D eigenvalue weighted by Gasteiger charge is -2.05. The molecule has 0 spiro atoms. The Kier molecular flexibility index (Phi) is 3.31. The van der Waals surface area contributed by atoms with Gasteiger partial charge in [-0.05, 0) is 35.6 Å². The van der Waals surface area contributed by atoms with E-state index in [4.69, 9.17) is 0 Å². The zero-order valence-electron chi connectivity index (χ0n) is 12.3. The van der Waals surface area contributed by atoms with E-state index in [1.165, 1.54) is 11.1 Å². The second kappa shape index (κ2) is 5.12. The number of benzene rings is 2. The molecule has 3 aromatic rings. The third-order valence-corrected chi connectivity index (χ3v) is 3.81. The molecule has 0 saturated carbocycles. The van der Waals surface area contributed by atoms with Crippen molar-refractivity contribution in [3.63, 3.8) is 0 Å². The summed E-state index contributed by atoms with van der Waals surface area (Å²) in [5, 5.41) is 0. The first kappa shape index (κ1) is 12.9. The molecule has 0 unspecified atom stereocenters. The summed E-state index contributed by atoms with van der Waals surface area (Å²) in [7, 11) is 0. The molecule has 102 valence electrons. The first-order valence-electron chi connectivity index (χ1n) is 7.26. The van der Waals surface area contributed by atoms with Crippen molar-refractivity contribution < 1.29 is 0 Å². The van der Waals surface area contributed by atoms with Crippen LogP contribution >= 0.6 is 0 Å². The minimum absolute atomic E-state index is 0.562. The SMILES string of the molecule is CCc1ccc2nc(-c3ccc(C(C)C)cc3)[nH]c2c1. The lowest BCUT2D eigenvalue weighted by atomic mass is 10.0. The van der Waals surface area contributed by atoms with E-state index in [2.05, 4.69) is 73.2 Å². The lowest BCUT2D eigenvalue weighted by Crippen LogP contribution is -1.87. The monoisotopic (exact) mass is 264 g/mol. The molecule has 0 aliphatic carbocycles. The van der Waals surface area contributed by atoms with Crippen molar-refractivity contribution in [2.45, 2.75) is 33.1 Å². The van der Waals surface area contributed by atoms with Crippen molar-refractivity contribution in [3.05, 3.63) is 53.6 Å². The van der Waals surface area contributed by atoms with E-state index in [0.29, 0.717) is 5.92 Å². The van der Waals surface area contributed by atoms with Crippen LogP contribution in [0.3, 0.4) is 0 Å². The Morgan fingerprint density at radius 3 is 2.45 bits per heavy atom. The Labute approximate surface area is 119 Å². The summed E-state index contributed by atoms with van der Waals surface area (Å²) >= 11 is 0. The van der Waals surface area contributed by atoms with Gasteiger partial charge in [-0.3, -0.25) is 0 Å². The van der Waals surface area contributed by atoms with Crippen LogP contribution in [0.15, 0.2) is 42.5 Å². The van der Waals surface area contributed by atoms with E-state index in [-0.39, 0.29) is 0 Å². The molecule has 3 rings (SSSR count). The van der Waals surface area contributed by atoms with Crippen LogP contribution in [0.1, 0.15) is 37.8 Å². The number of hydrogen-bond donors (Lipinski definition) is 1. The van der Waals surface area contributed by atoms with Gasteiger partial charge in [-0.1, -0.05) is 51.1 Å². The smallest absolute Gasteiger partial charge is 0.138 e. The number of aromatic amines is 1. The fraction of sp³-hybridized carbons (Fsp3) is 0.278. The maximum absolute atomic E-state index is 4.68. The first-order valence-corrected chi connectivity index (χ1v) is 7.26.